The van der Waals surface area contributed by atoms with E-state index in [9.17, 15) is 4.79 Å². The zero-order valence-corrected chi connectivity index (χ0v) is 12.1. The molecule has 0 bridgehead atoms. The van der Waals surface area contributed by atoms with Gasteiger partial charge in [-0.05, 0) is 31.4 Å². The average Bonchev–Trinajstić information content (AvgIpc) is 2.49. The molecular weight excluding hydrogens is 270 g/mol. The molecule has 0 radical (unpaired) electrons. The number of pyridine rings is 1. The van der Waals surface area contributed by atoms with Crippen LogP contribution in [0.25, 0.3) is 0 Å². The van der Waals surface area contributed by atoms with Gasteiger partial charge in [-0.25, -0.2) is 0 Å². The molecule has 0 saturated carbocycles. The Hall–Kier alpha value is -2.15. The Kier molecular flexibility index (Phi) is 5.10. The number of likely N-dealkylation sites (tertiary alicyclic amines) is 1. The summed E-state index contributed by atoms with van der Waals surface area (Å²) in [7, 11) is 0. The van der Waals surface area contributed by atoms with Gasteiger partial charge in [0.1, 0.15) is 5.69 Å². The number of piperidine rings is 1. The van der Waals surface area contributed by atoms with Crippen molar-refractivity contribution >= 4 is 11.7 Å². The fourth-order valence-corrected chi connectivity index (χ4v) is 2.47. The second kappa shape index (κ2) is 7.03. The van der Waals surface area contributed by atoms with E-state index in [0.717, 1.165) is 31.5 Å². The number of amides is 1. The first kappa shape index (κ1) is 15.2. The number of oxime groups is 1. The van der Waals surface area contributed by atoms with Gasteiger partial charge >= 0.3 is 0 Å². The third kappa shape index (κ3) is 4.16. The molecule has 0 atom stereocenters. The highest BCUT2D eigenvalue weighted by Crippen LogP contribution is 2.11. The first-order valence-corrected chi connectivity index (χ1v) is 7.01. The SMILES string of the molecule is Cc1cccnc1C(=O)NC1CCN(CC(N)=NO)CC1. The molecule has 7 heteroatoms. The largest absolute Gasteiger partial charge is 0.409 e. The van der Waals surface area contributed by atoms with Gasteiger partial charge in [-0.3, -0.25) is 14.7 Å². The lowest BCUT2D eigenvalue weighted by Gasteiger charge is -2.31. The zero-order chi connectivity index (χ0) is 15.2. The number of nitrogens with one attached hydrogen (secondary N) is 1. The molecule has 2 heterocycles. The van der Waals surface area contributed by atoms with Gasteiger partial charge < -0.3 is 16.3 Å². The number of hydrogen-bond acceptors (Lipinski definition) is 5. The molecule has 2 rings (SSSR count). The predicted molar refractivity (Wildman–Crippen MR) is 79.3 cm³/mol. The number of aryl methyl sites for hydroxylation is 1. The number of nitrogens with zero attached hydrogens (tertiary/aromatic N) is 3. The summed E-state index contributed by atoms with van der Waals surface area (Å²) in [5.41, 5.74) is 6.85. The van der Waals surface area contributed by atoms with E-state index in [1.807, 2.05) is 19.1 Å². The van der Waals surface area contributed by atoms with E-state index in [0.29, 0.717) is 12.2 Å². The molecule has 1 fully saturated rings. The summed E-state index contributed by atoms with van der Waals surface area (Å²) in [5.74, 6) is 0.0876. The smallest absolute Gasteiger partial charge is 0.270 e. The van der Waals surface area contributed by atoms with Crippen molar-refractivity contribution in [3.63, 3.8) is 0 Å². The molecule has 1 aromatic rings. The van der Waals surface area contributed by atoms with Crippen LogP contribution in [-0.2, 0) is 0 Å². The van der Waals surface area contributed by atoms with Gasteiger partial charge in [0, 0.05) is 25.3 Å². The summed E-state index contributed by atoms with van der Waals surface area (Å²) in [5, 5.41) is 14.6. The third-order valence-corrected chi connectivity index (χ3v) is 3.66. The van der Waals surface area contributed by atoms with E-state index in [-0.39, 0.29) is 17.8 Å². The van der Waals surface area contributed by atoms with E-state index in [4.69, 9.17) is 10.9 Å². The van der Waals surface area contributed by atoms with Crippen LogP contribution in [0.5, 0.6) is 0 Å². The summed E-state index contributed by atoms with van der Waals surface area (Å²) in [6.07, 6.45) is 3.31. The molecule has 7 nitrogen and oxygen atoms in total. The summed E-state index contributed by atoms with van der Waals surface area (Å²) in [6.45, 7) is 3.95. The number of hydrogen-bond donors (Lipinski definition) is 3. The molecule has 0 spiro atoms. The van der Waals surface area contributed by atoms with E-state index in [1.54, 1.807) is 6.20 Å². The maximum Gasteiger partial charge on any atom is 0.270 e. The van der Waals surface area contributed by atoms with E-state index >= 15 is 0 Å². The predicted octanol–water partition coefficient (Wildman–Crippen LogP) is 0.331. The Morgan fingerprint density at radius 3 is 2.90 bits per heavy atom. The maximum absolute atomic E-state index is 12.2. The van der Waals surface area contributed by atoms with Crippen LogP contribution in [0, 0.1) is 6.92 Å². The molecule has 0 aliphatic carbocycles. The highest BCUT2D eigenvalue weighted by atomic mass is 16.4. The van der Waals surface area contributed by atoms with Crippen LogP contribution < -0.4 is 11.1 Å². The molecule has 114 valence electrons. The van der Waals surface area contributed by atoms with Crippen LogP contribution in [0.4, 0.5) is 0 Å². The van der Waals surface area contributed by atoms with Crippen molar-refractivity contribution in [1.82, 2.24) is 15.2 Å². The van der Waals surface area contributed by atoms with Crippen LogP contribution in [0.2, 0.25) is 0 Å². The number of carbonyl (C=O) groups is 1. The van der Waals surface area contributed by atoms with Crippen molar-refractivity contribution in [2.24, 2.45) is 10.9 Å². The molecule has 1 amide bonds. The van der Waals surface area contributed by atoms with Crippen molar-refractivity contribution in [3.8, 4) is 0 Å². The van der Waals surface area contributed by atoms with Crippen LogP contribution in [-0.4, -0.2) is 52.5 Å². The molecule has 1 aromatic heterocycles. The van der Waals surface area contributed by atoms with Crippen molar-refractivity contribution < 1.29 is 10.0 Å². The molecule has 0 aromatic carbocycles. The molecule has 0 unspecified atom stereocenters. The van der Waals surface area contributed by atoms with Gasteiger partial charge in [0.2, 0.25) is 0 Å². The molecule has 21 heavy (non-hydrogen) atoms. The van der Waals surface area contributed by atoms with Crippen molar-refractivity contribution in [1.29, 1.82) is 0 Å². The minimum Gasteiger partial charge on any atom is -0.409 e. The van der Waals surface area contributed by atoms with Gasteiger partial charge in [0.15, 0.2) is 5.84 Å². The van der Waals surface area contributed by atoms with Gasteiger partial charge in [-0.2, -0.15) is 0 Å². The molecular formula is C14H21N5O2. The first-order valence-electron chi connectivity index (χ1n) is 7.01. The quantitative estimate of drug-likeness (QED) is 0.321. The zero-order valence-electron chi connectivity index (χ0n) is 12.1. The molecule has 1 aliphatic heterocycles. The third-order valence-electron chi connectivity index (χ3n) is 3.66. The summed E-state index contributed by atoms with van der Waals surface area (Å²) < 4.78 is 0. The van der Waals surface area contributed by atoms with E-state index in [1.165, 1.54) is 0 Å². The number of nitrogens with two attached hydrogens (primary N) is 1. The average molecular weight is 291 g/mol. The highest BCUT2D eigenvalue weighted by molar-refractivity contribution is 5.93. The summed E-state index contributed by atoms with van der Waals surface area (Å²) in [6, 6.07) is 3.83. The van der Waals surface area contributed by atoms with E-state index < -0.39 is 0 Å². The lowest BCUT2D eigenvalue weighted by molar-refractivity contribution is 0.0909. The number of amidine groups is 1. The van der Waals surface area contributed by atoms with Gasteiger partial charge in [-0.1, -0.05) is 11.2 Å². The van der Waals surface area contributed by atoms with Gasteiger partial charge in [0.25, 0.3) is 5.91 Å². The topological polar surface area (TPSA) is 104 Å². The maximum atomic E-state index is 12.2. The van der Waals surface area contributed by atoms with Crippen molar-refractivity contribution in [2.75, 3.05) is 19.6 Å². The fraction of sp³-hybridized carbons (Fsp3) is 0.500. The first-order chi connectivity index (χ1) is 10.1. The Morgan fingerprint density at radius 2 is 2.29 bits per heavy atom. The second-order valence-electron chi connectivity index (χ2n) is 5.28. The standard InChI is InChI=1S/C14H21N5O2/c1-10-3-2-6-16-13(10)14(20)17-11-4-7-19(8-5-11)9-12(15)18-21/h2-3,6,11,21H,4-5,7-9H2,1H3,(H2,15,18)(H,17,20). The minimum atomic E-state index is -0.122. The Morgan fingerprint density at radius 1 is 1.57 bits per heavy atom. The molecule has 4 N–H and O–H groups in total. The van der Waals surface area contributed by atoms with Gasteiger partial charge in [-0.15, -0.1) is 0 Å². The monoisotopic (exact) mass is 291 g/mol. The second-order valence-corrected chi connectivity index (χ2v) is 5.28. The van der Waals surface area contributed by atoms with Crippen LogP contribution >= 0.6 is 0 Å². The van der Waals surface area contributed by atoms with Crippen LogP contribution in [0.1, 0.15) is 28.9 Å². The van der Waals surface area contributed by atoms with Crippen LogP contribution in [0.3, 0.4) is 0 Å². The fourth-order valence-electron chi connectivity index (χ4n) is 2.47. The number of aromatic nitrogens is 1. The van der Waals surface area contributed by atoms with Crippen molar-refractivity contribution in [3.05, 3.63) is 29.6 Å². The number of carbonyl (C=O) groups excluding carboxylic acids is 1. The lowest BCUT2D eigenvalue weighted by atomic mass is 10.0. The van der Waals surface area contributed by atoms with Gasteiger partial charge in [0.05, 0.1) is 6.54 Å². The Labute approximate surface area is 123 Å². The minimum absolute atomic E-state index is 0.122. The lowest BCUT2D eigenvalue weighted by Crippen LogP contribution is -2.47. The normalized spacial score (nSPS) is 17.7. The van der Waals surface area contributed by atoms with Crippen molar-refractivity contribution in [2.45, 2.75) is 25.8 Å². The molecule has 1 aliphatic rings. The summed E-state index contributed by atoms with van der Waals surface area (Å²) >= 11 is 0. The Bertz CT molecular complexity index is 524. The highest BCUT2D eigenvalue weighted by Gasteiger charge is 2.22. The number of rotatable bonds is 4. The molecule has 1 saturated heterocycles. The summed E-state index contributed by atoms with van der Waals surface area (Å²) in [4.78, 5) is 18.4. The van der Waals surface area contributed by atoms with E-state index in [2.05, 4.69) is 20.4 Å². The van der Waals surface area contributed by atoms with Crippen LogP contribution in [0.15, 0.2) is 23.5 Å². The Balaban J connectivity index is 1.84.